The molecule has 0 aliphatic heterocycles. The molecule has 0 atom stereocenters. The molecule has 0 saturated heterocycles. The summed E-state index contributed by atoms with van der Waals surface area (Å²) in [7, 11) is 0. The molecule has 0 N–H and O–H groups in total. The Morgan fingerprint density at radius 2 is 1.64 bits per heavy atom. The van der Waals surface area contributed by atoms with Gasteiger partial charge in [-0.15, -0.1) is 0 Å². The van der Waals surface area contributed by atoms with E-state index in [4.69, 9.17) is 0 Å². The summed E-state index contributed by atoms with van der Waals surface area (Å²) in [5, 5.41) is 1.58. The Kier molecular flexibility index (Phi) is 5.49. The Morgan fingerprint density at radius 3 is 2.36 bits per heavy atom. The van der Waals surface area contributed by atoms with E-state index in [1.165, 1.54) is 36.8 Å². The summed E-state index contributed by atoms with van der Waals surface area (Å²) in [6.45, 7) is 4.46. The van der Waals surface area contributed by atoms with Crippen molar-refractivity contribution in [2.45, 2.75) is 51.9 Å². The Hall–Kier alpha value is -2.59. The van der Waals surface area contributed by atoms with Gasteiger partial charge in [0, 0.05) is 10.9 Å². The lowest BCUT2D eigenvalue weighted by Gasteiger charge is -2.26. The molecule has 4 rings (SSSR count). The highest BCUT2D eigenvalue weighted by atomic mass is 19.1. The zero-order chi connectivity index (χ0) is 19.5. The van der Waals surface area contributed by atoms with Crippen molar-refractivity contribution in [3.8, 4) is 11.8 Å². The maximum Gasteiger partial charge on any atom is 0.146 e. The van der Waals surface area contributed by atoms with Gasteiger partial charge >= 0.3 is 0 Å². The van der Waals surface area contributed by atoms with Gasteiger partial charge < -0.3 is 0 Å². The molecule has 0 nitrogen and oxygen atoms in total. The first-order valence-electron chi connectivity index (χ1n) is 10.5. The van der Waals surface area contributed by atoms with E-state index in [1.54, 1.807) is 6.07 Å². The predicted molar refractivity (Wildman–Crippen MR) is 116 cm³/mol. The third-order valence-electron chi connectivity index (χ3n) is 6.17. The van der Waals surface area contributed by atoms with E-state index in [9.17, 15) is 4.39 Å². The molecule has 0 spiro atoms. The van der Waals surface area contributed by atoms with Crippen LogP contribution < -0.4 is 0 Å². The fourth-order valence-electron chi connectivity index (χ4n) is 4.23. The monoisotopic (exact) mass is 370 g/mol. The van der Waals surface area contributed by atoms with Crippen molar-refractivity contribution in [1.29, 1.82) is 0 Å². The van der Waals surface area contributed by atoms with Crippen LogP contribution >= 0.6 is 0 Å². The average Bonchev–Trinajstić information content (AvgIpc) is 2.74. The van der Waals surface area contributed by atoms with Crippen LogP contribution in [-0.4, -0.2) is 0 Å². The van der Waals surface area contributed by atoms with Crippen LogP contribution in [0.2, 0.25) is 0 Å². The van der Waals surface area contributed by atoms with Crippen LogP contribution in [0.25, 0.3) is 10.8 Å². The van der Waals surface area contributed by atoms with Gasteiger partial charge in [0.25, 0.3) is 0 Å². The molecule has 1 saturated carbocycles. The van der Waals surface area contributed by atoms with Gasteiger partial charge in [-0.25, -0.2) is 4.39 Å². The number of fused-ring (bicyclic) bond motifs is 1. The fourth-order valence-corrected chi connectivity index (χ4v) is 4.23. The molecule has 1 fully saturated rings. The average molecular weight is 371 g/mol. The third kappa shape index (κ3) is 3.97. The molecule has 1 heteroatoms. The SMILES string of the molecule is CCc1ccc2c(F)c(C#Cc3ccc(C4CCC(C)CC4)cc3)ccc2c1. The van der Waals surface area contributed by atoms with Gasteiger partial charge in [0.15, 0.2) is 0 Å². The smallest absolute Gasteiger partial charge is 0.146 e. The lowest BCUT2D eigenvalue weighted by Crippen LogP contribution is -2.10. The highest BCUT2D eigenvalue weighted by Crippen LogP contribution is 2.35. The Balaban J connectivity index is 1.54. The van der Waals surface area contributed by atoms with Crippen LogP contribution in [0.15, 0.2) is 54.6 Å². The van der Waals surface area contributed by atoms with Crippen molar-refractivity contribution in [2.24, 2.45) is 5.92 Å². The number of rotatable bonds is 2. The van der Waals surface area contributed by atoms with Crippen LogP contribution in [0.4, 0.5) is 4.39 Å². The van der Waals surface area contributed by atoms with Crippen molar-refractivity contribution >= 4 is 10.8 Å². The summed E-state index contributed by atoms with van der Waals surface area (Å²) in [5.41, 5.74) is 4.04. The van der Waals surface area contributed by atoms with Crippen molar-refractivity contribution in [2.75, 3.05) is 0 Å². The van der Waals surface area contributed by atoms with Crippen molar-refractivity contribution in [1.82, 2.24) is 0 Å². The van der Waals surface area contributed by atoms with E-state index in [1.807, 2.05) is 18.2 Å². The summed E-state index contributed by atoms with van der Waals surface area (Å²) >= 11 is 0. The summed E-state index contributed by atoms with van der Waals surface area (Å²) in [6, 6.07) is 18.2. The number of benzene rings is 3. The van der Waals surface area contributed by atoms with Gasteiger partial charge in [-0.05, 0) is 65.8 Å². The first kappa shape index (κ1) is 18.8. The molecular weight excluding hydrogens is 343 g/mol. The maximum atomic E-state index is 14.8. The lowest BCUT2D eigenvalue weighted by molar-refractivity contribution is 0.348. The molecule has 0 bridgehead atoms. The van der Waals surface area contributed by atoms with Gasteiger partial charge in [0.05, 0.1) is 5.56 Å². The fraction of sp³-hybridized carbons (Fsp3) is 0.333. The first-order valence-corrected chi connectivity index (χ1v) is 10.5. The molecule has 3 aromatic rings. The van der Waals surface area contributed by atoms with Crippen LogP contribution in [0.3, 0.4) is 0 Å². The number of aryl methyl sites for hydroxylation is 1. The predicted octanol–water partition coefficient (Wildman–Crippen LogP) is 7.23. The standard InChI is InChI=1S/C27H27F/c1-3-20-9-17-26-25(18-20)16-15-24(27(26)28)14-8-21-6-12-23(13-7-21)22-10-4-19(2)5-11-22/h6-7,9,12-13,15-19,22H,3-5,10-11H2,1-2H3. The molecule has 1 aliphatic rings. The summed E-state index contributed by atoms with van der Waals surface area (Å²) in [5.74, 6) is 7.50. The van der Waals surface area contributed by atoms with Crippen LogP contribution in [0, 0.1) is 23.6 Å². The molecule has 28 heavy (non-hydrogen) atoms. The molecular formula is C27H27F. The molecule has 142 valence electrons. The van der Waals surface area contributed by atoms with Gasteiger partial charge in [-0.2, -0.15) is 0 Å². The highest BCUT2D eigenvalue weighted by molar-refractivity contribution is 5.85. The van der Waals surface area contributed by atoms with Crippen molar-refractivity contribution < 1.29 is 4.39 Å². The van der Waals surface area contributed by atoms with E-state index in [2.05, 4.69) is 56.0 Å². The minimum atomic E-state index is -0.222. The molecule has 0 radical (unpaired) electrons. The van der Waals surface area contributed by atoms with E-state index >= 15 is 0 Å². The molecule has 0 unspecified atom stereocenters. The lowest BCUT2D eigenvalue weighted by atomic mass is 9.79. The molecule has 0 aromatic heterocycles. The molecule has 0 heterocycles. The summed E-state index contributed by atoms with van der Waals surface area (Å²) in [6.07, 6.45) is 6.18. The van der Waals surface area contributed by atoms with E-state index in [0.717, 1.165) is 23.3 Å². The van der Waals surface area contributed by atoms with Gasteiger partial charge in [0.1, 0.15) is 5.82 Å². The second-order valence-electron chi connectivity index (χ2n) is 8.16. The van der Waals surface area contributed by atoms with Crippen molar-refractivity contribution in [3.05, 3.63) is 82.7 Å². The number of hydrogen-bond donors (Lipinski definition) is 0. The highest BCUT2D eigenvalue weighted by Gasteiger charge is 2.19. The van der Waals surface area contributed by atoms with E-state index < -0.39 is 0 Å². The van der Waals surface area contributed by atoms with Gasteiger partial charge in [-0.1, -0.05) is 74.9 Å². The summed E-state index contributed by atoms with van der Waals surface area (Å²) in [4.78, 5) is 0. The minimum Gasteiger partial charge on any atom is -0.205 e. The maximum absolute atomic E-state index is 14.8. The first-order chi connectivity index (χ1) is 13.6. The zero-order valence-electron chi connectivity index (χ0n) is 16.8. The molecule has 1 aliphatic carbocycles. The third-order valence-corrected chi connectivity index (χ3v) is 6.17. The number of hydrogen-bond acceptors (Lipinski definition) is 0. The van der Waals surface area contributed by atoms with Crippen LogP contribution in [0.5, 0.6) is 0 Å². The Morgan fingerprint density at radius 1 is 0.893 bits per heavy atom. The molecule has 0 amide bonds. The molecule has 3 aromatic carbocycles. The summed E-state index contributed by atoms with van der Waals surface area (Å²) < 4.78 is 14.8. The van der Waals surface area contributed by atoms with Crippen LogP contribution in [0.1, 0.15) is 67.7 Å². The zero-order valence-corrected chi connectivity index (χ0v) is 16.8. The normalized spacial score (nSPS) is 19.2. The largest absolute Gasteiger partial charge is 0.205 e. The van der Waals surface area contributed by atoms with Gasteiger partial charge in [0.2, 0.25) is 0 Å². The van der Waals surface area contributed by atoms with E-state index in [0.29, 0.717) is 16.9 Å². The van der Waals surface area contributed by atoms with Crippen molar-refractivity contribution in [3.63, 3.8) is 0 Å². The van der Waals surface area contributed by atoms with Crippen LogP contribution in [-0.2, 0) is 6.42 Å². The quantitative estimate of drug-likeness (QED) is 0.417. The second-order valence-corrected chi connectivity index (χ2v) is 8.16. The van der Waals surface area contributed by atoms with Gasteiger partial charge in [-0.3, -0.25) is 0 Å². The number of halogens is 1. The Labute approximate surface area is 167 Å². The topological polar surface area (TPSA) is 0 Å². The Bertz CT molecular complexity index is 1030. The van der Waals surface area contributed by atoms with E-state index in [-0.39, 0.29) is 5.82 Å². The second kappa shape index (κ2) is 8.19. The minimum absolute atomic E-state index is 0.222.